The molecule has 3 aromatic rings. The SMILES string of the molecule is O=C(O)COC[C@H]1CCCC[C@H]1Cn1nc(-c2ccccc2)c(Cc2cc3c(cc2Cl)OCO3)c1C(=O)O. The quantitative estimate of drug-likeness (QED) is 0.363. The lowest BCUT2D eigenvalue weighted by Crippen LogP contribution is -2.30. The first-order chi connectivity index (χ1) is 18.4. The van der Waals surface area contributed by atoms with Gasteiger partial charge in [-0.3, -0.25) is 4.68 Å². The monoisotopic (exact) mass is 540 g/mol. The number of aliphatic carboxylic acids is 1. The van der Waals surface area contributed by atoms with E-state index in [1.54, 1.807) is 16.8 Å². The third-order valence-corrected chi connectivity index (χ3v) is 7.59. The van der Waals surface area contributed by atoms with Crippen molar-refractivity contribution in [2.75, 3.05) is 20.0 Å². The molecule has 0 bridgehead atoms. The zero-order valence-electron chi connectivity index (χ0n) is 20.8. The third kappa shape index (κ3) is 5.63. The lowest BCUT2D eigenvalue weighted by Gasteiger charge is -2.31. The molecule has 0 saturated heterocycles. The summed E-state index contributed by atoms with van der Waals surface area (Å²) in [7, 11) is 0. The summed E-state index contributed by atoms with van der Waals surface area (Å²) in [5.41, 5.74) is 2.80. The van der Waals surface area contributed by atoms with Gasteiger partial charge in [-0.05, 0) is 36.3 Å². The lowest BCUT2D eigenvalue weighted by molar-refractivity contribution is -0.143. The lowest BCUT2D eigenvalue weighted by atomic mass is 9.79. The summed E-state index contributed by atoms with van der Waals surface area (Å²) >= 11 is 6.57. The van der Waals surface area contributed by atoms with Gasteiger partial charge in [0.2, 0.25) is 6.79 Å². The van der Waals surface area contributed by atoms with Crippen LogP contribution in [0.2, 0.25) is 5.02 Å². The molecule has 2 aliphatic rings. The summed E-state index contributed by atoms with van der Waals surface area (Å²) in [4.78, 5) is 23.6. The summed E-state index contributed by atoms with van der Waals surface area (Å²) in [6, 6.07) is 13.0. The molecular weight excluding hydrogens is 512 g/mol. The van der Waals surface area contributed by atoms with E-state index in [0.717, 1.165) is 31.2 Å². The second-order valence-electron chi connectivity index (χ2n) is 9.72. The van der Waals surface area contributed by atoms with Crippen LogP contribution < -0.4 is 9.47 Å². The molecule has 1 aliphatic carbocycles. The first-order valence-electron chi connectivity index (χ1n) is 12.7. The van der Waals surface area contributed by atoms with Gasteiger partial charge in [-0.25, -0.2) is 9.59 Å². The molecule has 0 spiro atoms. The van der Waals surface area contributed by atoms with Gasteiger partial charge in [0.05, 0.1) is 12.3 Å². The fraction of sp³-hybridized carbons (Fsp3) is 0.393. The maximum Gasteiger partial charge on any atom is 0.354 e. The summed E-state index contributed by atoms with van der Waals surface area (Å²) < 4.78 is 18.0. The van der Waals surface area contributed by atoms with E-state index in [1.807, 2.05) is 30.3 Å². The van der Waals surface area contributed by atoms with E-state index >= 15 is 0 Å². The topological polar surface area (TPSA) is 120 Å². The number of carboxylic acid groups (broad SMARTS) is 2. The second-order valence-corrected chi connectivity index (χ2v) is 10.1. The molecule has 0 radical (unpaired) electrons. The van der Waals surface area contributed by atoms with E-state index < -0.39 is 11.9 Å². The molecule has 0 unspecified atom stereocenters. The molecule has 2 aromatic carbocycles. The van der Waals surface area contributed by atoms with Gasteiger partial charge in [0.15, 0.2) is 11.5 Å². The Morgan fingerprint density at radius 3 is 2.47 bits per heavy atom. The molecule has 2 N–H and O–H groups in total. The number of benzene rings is 2. The van der Waals surface area contributed by atoms with Gasteiger partial charge < -0.3 is 24.4 Å². The number of halogens is 1. The fourth-order valence-corrected chi connectivity index (χ4v) is 5.64. The van der Waals surface area contributed by atoms with E-state index in [-0.39, 0.29) is 37.4 Å². The summed E-state index contributed by atoms with van der Waals surface area (Å²) in [6.45, 7) is 0.495. The third-order valence-electron chi connectivity index (χ3n) is 7.24. The van der Waals surface area contributed by atoms with Crippen molar-refractivity contribution in [1.82, 2.24) is 9.78 Å². The van der Waals surface area contributed by atoms with Crippen LogP contribution in [0.3, 0.4) is 0 Å². The minimum absolute atomic E-state index is 0.112. The van der Waals surface area contributed by atoms with Crippen LogP contribution in [-0.2, 0) is 22.5 Å². The first kappa shape index (κ1) is 26.1. The molecule has 9 nitrogen and oxygen atoms in total. The van der Waals surface area contributed by atoms with Crippen LogP contribution in [-0.4, -0.2) is 51.9 Å². The van der Waals surface area contributed by atoms with Gasteiger partial charge in [-0.1, -0.05) is 54.8 Å². The van der Waals surface area contributed by atoms with Crippen molar-refractivity contribution in [3.8, 4) is 22.8 Å². The van der Waals surface area contributed by atoms with Crippen molar-refractivity contribution in [3.63, 3.8) is 0 Å². The van der Waals surface area contributed by atoms with Gasteiger partial charge >= 0.3 is 11.9 Å². The number of ether oxygens (including phenoxy) is 3. The highest BCUT2D eigenvalue weighted by molar-refractivity contribution is 6.31. The predicted octanol–water partition coefficient (Wildman–Crippen LogP) is 5.13. The van der Waals surface area contributed by atoms with Gasteiger partial charge in [0, 0.05) is 35.2 Å². The molecule has 5 rings (SSSR count). The molecule has 200 valence electrons. The Bertz CT molecular complexity index is 1320. The zero-order chi connectivity index (χ0) is 26.6. The number of fused-ring (bicyclic) bond motifs is 1. The number of carbonyl (C=O) groups is 2. The highest BCUT2D eigenvalue weighted by Crippen LogP contribution is 2.39. The molecular formula is C28H29ClN2O7. The van der Waals surface area contributed by atoms with Crippen LogP contribution in [0.15, 0.2) is 42.5 Å². The number of hydrogen-bond acceptors (Lipinski definition) is 6. The van der Waals surface area contributed by atoms with Crippen LogP contribution in [0.1, 0.15) is 47.3 Å². The normalized spacial score (nSPS) is 18.4. The Morgan fingerprint density at radius 1 is 1.05 bits per heavy atom. The van der Waals surface area contributed by atoms with Crippen molar-refractivity contribution in [3.05, 3.63) is 64.3 Å². The standard InChI is InChI=1S/C28H29ClN2O7/c29-22-12-24-23(37-16-38-24)11-20(22)10-21-26(17-6-2-1-3-7-17)30-31(27(21)28(34)35)13-18-8-4-5-9-19(18)14-36-15-25(32)33/h1-3,6-7,11-12,18-19H,4-5,8-10,13-16H2,(H,32,33)(H,34,35)/t18-,19+/m0/s1. The van der Waals surface area contributed by atoms with Crippen molar-refractivity contribution in [1.29, 1.82) is 0 Å². The molecule has 2 heterocycles. The minimum Gasteiger partial charge on any atom is -0.480 e. The number of nitrogens with zero attached hydrogens (tertiary/aromatic N) is 2. The predicted molar refractivity (Wildman–Crippen MR) is 139 cm³/mol. The molecule has 1 aliphatic heterocycles. The van der Waals surface area contributed by atoms with Gasteiger partial charge in [0.25, 0.3) is 0 Å². The summed E-state index contributed by atoms with van der Waals surface area (Å²) in [5.74, 6) is -0.703. The number of hydrogen-bond donors (Lipinski definition) is 2. The van der Waals surface area contributed by atoms with E-state index in [4.69, 9.17) is 36.0 Å². The molecule has 0 amide bonds. The van der Waals surface area contributed by atoms with Crippen LogP contribution in [0, 0.1) is 11.8 Å². The Hall–Kier alpha value is -3.56. The van der Waals surface area contributed by atoms with Gasteiger partial charge in [-0.15, -0.1) is 0 Å². The minimum atomic E-state index is -1.07. The van der Waals surface area contributed by atoms with Crippen LogP contribution in [0.5, 0.6) is 11.5 Å². The molecule has 2 atom stereocenters. The van der Waals surface area contributed by atoms with Crippen molar-refractivity contribution in [2.45, 2.75) is 38.6 Å². The van der Waals surface area contributed by atoms with Gasteiger partial charge in [0.1, 0.15) is 12.3 Å². The average Bonchev–Trinajstić information content (AvgIpc) is 3.49. The Labute approximate surface area is 224 Å². The Morgan fingerprint density at radius 2 is 1.76 bits per heavy atom. The number of aromatic carboxylic acids is 1. The smallest absolute Gasteiger partial charge is 0.354 e. The number of rotatable bonds is 10. The van der Waals surface area contributed by atoms with E-state index in [2.05, 4.69) is 0 Å². The molecule has 10 heteroatoms. The van der Waals surface area contributed by atoms with Crippen molar-refractivity contribution >= 4 is 23.5 Å². The average molecular weight is 541 g/mol. The number of carboxylic acids is 2. The summed E-state index contributed by atoms with van der Waals surface area (Å²) in [5, 5.41) is 24.6. The van der Waals surface area contributed by atoms with E-state index in [1.165, 1.54) is 0 Å². The second kappa shape index (κ2) is 11.4. The van der Waals surface area contributed by atoms with Crippen LogP contribution in [0.4, 0.5) is 0 Å². The van der Waals surface area contributed by atoms with Crippen molar-refractivity contribution in [2.24, 2.45) is 11.8 Å². The molecule has 1 fully saturated rings. The maximum absolute atomic E-state index is 12.7. The molecule has 1 aromatic heterocycles. The largest absolute Gasteiger partial charge is 0.480 e. The highest BCUT2D eigenvalue weighted by Gasteiger charge is 2.31. The van der Waals surface area contributed by atoms with E-state index in [9.17, 15) is 14.7 Å². The van der Waals surface area contributed by atoms with Gasteiger partial charge in [-0.2, -0.15) is 5.10 Å². The Balaban J connectivity index is 1.52. The summed E-state index contributed by atoms with van der Waals surface area (Å²) in [6.07, 6.45) is 4.10. The Kier molecular flexibility index (Phi) is 7.85. The molecule has 1 saturated carbocycles. The highest BCUT2D eigenvalue weighted by atomic mass is 35.5. The number of aromatic nitrogens is 2. The van der Waals surface area contributed by atoms with E-state index in [0.29, 0.717) is 46.5 Å². The molecule has 38 heavy (non-hydrogen) atoms. The van der Waals surface area contributed by atoms with Crippen LogP contribution >= 0.6 is 11.6 Å². The zero-order valence-corrected chi connectivity index (χ0v) is 21.5. The maximum atomic E-state index is 12.7. The van der Waals surface area contributed by atoms with Crippen LogP contribution in [0.25, 0.3) is 11.3 Å². The van der Waals surface area contributed by atoms with Crippen molar-refractivity contribution < 1.29 is 34.0 Å². The fourth-order valence-electron chi connectivity index (χ4n) is 5.42. The first-order valence-corrected chi connectivity index (χ1v) is 13.0.